The monoisotopic (exact) mass is 397 g/mol. The fourth-order valence-corrected chi connectivity index (χ4v) is 3.69. The van der Waals surface area contributed by atoms with Gasteiger partial charge >= 0.3 is 0 Å². The lowest BCUT2D eigenvalue weighted by Crippen LogP contribution is -2.32. The Morgan fingerprint density at radius 3 is 2.55 bits per heavy atom. The molecule has 0 radical (unpaired) electrons. The normalized spacial score (nSPS) is 15.5. The molecule has 2 N–H and O–H groups in total. The number of nitrogens with zero attached hydrogens (tertiary/aromatic N) is 6. The summed E-state index contributed by atoms with van der Waals surface area (Å²) in [7, 11) is 5.24. The van der Waals surface area contributed by atoms with Gasteiger partial charge in [-0.15, -0.1) is 0 Å². The van der Waals surface area contributed by atoms with E-state index in [0.29, 0.717) is 23.3 Å². The Labute approximate surface area is 170 Å². The molecule has 1 aliphatic rings. The van der Waals surface area contributed by atoms with Gasteiger partial charge in [0.25, 0.3) is 0 Å². The number of methoxy groups -OCH3 is 2. The summed E-state index contributed by atoms with van der Waals surface area (Å²) in [4.78, 5) is 18.4. The van der Waals surface area contributed by atoms with Gasteiger partial charge in [-0.3, -0.25) is 4.90 Å². The van der Waals surface area contributed by atoms with Gasteiger partial charge < -0.3 is 24.7 Å². The highest BCUT2D eigenvalue weighted by Crippen LogP contribution is 2.34. The van der Waals surface area contributed by atoms with Crippen molar-refractivity contribution in [2.75, 3.05) is 51.0 Å². The number of fused-ring (bicyclic) bond motifs is 1. The minimum atomic E-state index is 0.445. The number of aryl methyl sites for hydroxylation is 1. The van der Waals surface area contributed by atoms with Crippen LogP contribution in [0.4, 0.5) is 11.8 Å². The second-order valence-electron chi connectivity index (χ2n) is 7.20. The van der Waals surface area contributed by atoms with Crippen molar-refractivity contribution in [3.63, 3.8) is 0 Å². The van der Waals surface area contributed by atoms with Crippen molar-refractivity contribution in [2.45, 2.75) is 13.0 Å². The smallest absolute Gasteiger partial charge is 0.227 e. The van der Waals surface area contributed by atoms with Gasteiger partial charge in [0.2, 0.25) is 5.95 Å². The van der Waals surface area contributed by atoms with Crippen LogP contribution >= 0.6 is 0 Å². The van der Waals surface area contributed by atoms with Crippen molar-refractivity contribution >= 4 is 22.7 Å². The summed E-state index contributed by atoms with van der Waals surface area (Å²) >= 11 is 0. The van der Waals surface area contributed by atoms with Crippen molar-refractivity contribution in [3.05, 3.63) is 30.4 Å². The summed E-state index contributed by atoms with van der Waals surface area (Å²) in [6, 6.07) is 3.67. The molecule has 4 rings (SSSR count). The fraction of sp³-hybridized carbons (Fsp3) is 0.450. The Balaban J connectivity index is 1.55. The quantitative estimate of drug-likeness (QED) is 0.695. The van der Waals surface area contributed by atoms with Crippen LogP contribution in [0.15, 0.2) is 24.5 Å². The number of nitrogen functional groups attached to an aromatic ring is 1. The summed E-state index contributed by atoms with van der Waals surface area (Å²) in [5, 5.41) is 0.762. The summed E-state index contributed by atoms with van der Waals surface area (Å²) in [6.07, 6.45) is 4.85. The number of hydrogen-bond donors (Lipinski definition) is 1. The van der Waals surface area contributed by atoms with Crippen molar-refractivity contribution < 1.29 is 9.47 Å². The van der Waals surface area contributed by atoms with Crippen molar-refractivity contribution in [1.29, 1.82) is 0 Å². The number of aromatic nitrogens is 4. The van der Waals surface area contributed by atoms with Gasteiger partial charge in [0.1, 0.15) is 11.6 Å². The van der Waals surface area contributed by atoms with E-state index in [0.717, 1.165) is 55.9 Å². The Bertz CT molecular complexity index is 1000. The number of benzene rings is 1. The van der Waals surface area contributed by atoms with Gasteiger partial charge in [-0.2, -0.15) is 4.98 Å². The highest BCUT2D eigenvalue weighted by molar-refractivity contribution is 5.91. The first kappa shape index (κ1) is 19.3. The number of nitrogens with two attached hydrogens (primary N) is 1. The molecule has 0 amide bonds. The van der Waals surface area contributed by atoms with Gasteiger partial charge in [-0.25, -0.2) is 9.97 Å². The van der Waals surface area contributed by atoms with E-state index in [-0.39, 0.29) is 0 Å². The minimum Gasteiger partial charge on any atom is -0.493 e. The molecular weight excluding hydrogens is 370 g/mol. The Morgan fingerprint density at radius 1 is 1.03 bits per heavy atom. The van der Waals surface area contributed by atoms with E-state index in [9.17, 15) is 0 Å². The molecular formula is C20H27N7O2. The predicted molar refractivity (Wildman–Crippen MR) is 112 cm³/mol. The lowest BCUT2D eigenvalue weighted by molar-refractivity contribution is 0.275. The third-order valence-corrected chi connectivity index (χ3v) is 5.38. The molecule has 1 saturated heterocycles. The highest BCUT2D eigenvalue weighted by atomic mass is 16.5. The third kappa shape index (κ3) is 3.91. The molecule has 9 nitrogen and oxygen atoms in total. The molecule has 1 aromatic carbocycles. The molecule has 2 aromatic heterocycles. The van der Waals surface area contributed by atoms with Crippen LogP contribution < -0.4 is 20.1 Å². The molecule has 0 spiro atoms. The van der Waals surface area contributed by atoms with Gasteiger partial charge in [0, 0.05) is 57.1 Å². The zero-order valence-corrected chi connectivity index (χ0v) is 17.1. The maximum atomic E-state index is 6.26. The van der Waals surface area contributed by atoms with Crippen LogP contribution in [0.3, 0.4) is 0 Å². The maximum absolute atomic E-state index is 6.26. The molecule has 0 aliphatic carbocycles. The number of ether oxygens (including phenoxy) is 2. The molecule has 0 bridgehead atoms. The van der Waals surface area contributed by atoms with Gasteiger partial charge in [0.05, 0.1) is 26.3 Å². The van der Waals surface area contributed by atoms with E-state index in [1.54, 1.807) is 14.2 Å². The topological polar surface area (TPSA) is 94.6 Å². The maximum Gasteiger partial charge on any atom is 0.227 e. The number of rotatable bonds is 5. The van der Waals surface area contributed by atoms with Gasteiger partial charge in [0.15, 0.2) is 11.5 Å². The Morgan fingerprint density at radius 2 is 1.83 bits per heavy atom. The standard InChI is InChI=1S/C20H27N7O2/c1-25-8-5-22-18(25)13-26-6-4-7-27(10-9-26)20-23-15-12-17(29-3)16(28-2)11-14(15)19(21)24-20/h5,8,11-12H,4,6-7,9-10,13H2,1-3H3,(H2,21,23,24). The first-order valence-electron chi connectivity index (χ1n) is 9.72. The van der Waals surface area contributed by atoms with E-state index in [4.69, 9.17) is 20.2 Å². The second kappa shape index (κ2) is 8.12. The van der Waals surface area contributed by atoms with Gasteiger partial charge in [-0.1, -0.05) is 0 Å². The highest BCUT2D eigenvalue weighted by Gasteiger charge is 2.20. The summed E-state index contributed by atoms with van der Waals surface area (Å²) < 4.78 is 12.8. The van der Waals surface area contributed by atoms with Gasteiger partial charge in [-0.05, 0) is 12.5 Å². The first-order chi connectivity index (χ1) is 14.1. The van der Waals surface area contributed by atoms with Crippen molar-refractivity contribution in [2.24, 2.45) is 7.05 Å². The van der Waals surface area contributed by atoms with Crippen LogP contribution in [0.2, 0.25) is 0 Å². The molecule has 3 aromatic rings. The summed E-state index contributed by atoms with van der Waals surface area (Å²) in [5.74, 6) is 3.41. The van der Waals surface area contributed by atoms with E-state index >= 15 is 0 Å². The lowest BCUT2D eigenvalue weighted by atomic mass is 10.2. The summed E-state index contributed by atoms with van der Waals surface area (Å²) in [5.41, 5.74) is 7.01. The van der Waals surface area contributed by atoms with E-state index < -0.39 is 0 Å². The van der Waals surface area contributed by atoms with Crippen LogP contribution in [0, 0.1) is 0 Å². The third-order valence-electron chi connectivity index (χ3n) is 5.38. The van der Waals surface area contributed by atoms with Crippen molar-refractivity contribution in [3.8, 4) is 11.5 Å². The number of anilines is 2. The molecule has 154 valence electrons. The Kier molecular flexibility index (Phi) is 5.39. The molecule has 3 heterocycles. The molecule has 0 atom stereocenters. The van der Waals surface area contributed by atoms with Crippen LogP contribution in [-0.4, -0.2) is 64.8 Å². The molecule has 9 heteroatoms. The average Bonchev–Trinajstić information content (AvgIpc) is 2.98. The average molecular weight is 397 g/mol. The number of hydrogen-bond acceptors (Lipinski definition) is 8. The first-order valence-corrected chi connectivity index (χ1v) is 9.72. The zero-order valence-electron chi connectivity index (χ0n) is 17.1. The Hall–Kier alpha value is -3.07. The number of imidazole rings is 1. The fourth-order valence-electron chi connectivity index (χ4n) is 3.69. The molecule has 0 saturated carbocycles. The SMILES string of the molecule is COc1cc2nc(N3CCCN(Cc4nccn4C)CC3)nc(N)c2cc1OC. The summed E-state index contributed by atoms with van der Waals surface area (Å²) in [6.45, 7) is 4.49. The van der Waals surface area contributed by atoms with E-state index in [1.165, 1.54) is 0 Å². The van der Waals surface area contributed by atoms with Crippen molar-refractivity contribution in [1.82, 2.24) is 24.4 Å². The van der Waals surface area contributed by atoms with Crippen LogP contribution in [0.5, 0.6) is 11.5 Å². The predicted octanol–water partition coefficient (Wildman–Crippen LogP) is 1.67. The molecule has 1 fully saturated rings. The lowest BCUT2D eigenvalue weighted by Gasteiger charge is -2.22. The second-order valence-corrected chi connectivity index (χ2v) is 7.20. The molecule has 29 heavy (non-hydrogen) atoms. The zero-order chi connectivity index (χ0) is 20.4. The van der Waals surface area contributed by atoms with Crippen LogP contribution in [0.1, 0.15) is 12.2 Å². The largest absolute Gasteiger partial charge is 0.493 e. The van der Waals surface area contributed by atoms with E-state index in [2.05, 4.69) is 24.3 Å². The molecule has 1 aliphatic heterocycles. The van der Waals surface area contributed by atoms with Crippen LogP contribution in [-0.2, 0) is 13.6 Å². The van der Waals surface area contributed by atoms with Crippen LogP contribution in [0.25, 0.3) is 10.9 Å². The minimum absolute atomic E-state index is 0.445. The molecule has 0 unspecified atom stereocenters. The van der Waals surface area contributed by atoms with E-state index in [1.807, 2.05) is 31.6 Å².